The van der Waals surface area contributed by atoms with Crippen LogP contribution in [0.15, 0.2) is 45.5 Å². The van der Waals surface area contributed by atoms with Crippen molar-refractivity contribution < 1.29 is 0 Å². The summed E-state index contributed by atoms with van der Waals surface area (Å²) in [5, 5.41) is 9.44. The van der Waals surface area contributed by atoms with Crippen molar-refractivity contribution in [3.8, 4) is 6.07 Å². The number of nitrogens with zero attached hydrogens (tertiary/aromatic N) is 6. The van der Waals surface area contributed by atoms with Crippen LogP contribution >= 0.6 is 0 Å². The first-order chi connectivity index (χ1) is 15.8. The molecule has 1 unspecified atom stereocenters. The van der Waals surface area contributed by atoms with Crippen molar-refractivity contribution in [3.05, 3.63) is 67.9 Å². The maximum absolute atomic E-state index is 13.7. The maximum Gasteiger partial charge on any atom is 0.332 e. The van der Waals surface area contributed by atoms with Crippen LogP contribution in [-0.4, -0.2) is 37.8 Å². The summed E-state index contributed by atoms with van der Waals surface area (Å²) in [7, 11) is 1.63. The van der Waals surface area contributed by atoms with Gasteiger partial charge in [-0.25, -0.2) is 4.79 Å². The second kappa shape index (κ2) is 9.08. The van der Waals surface area contributed by atoms with Gasteiger partial charge in [-0.05, 0) is 38.3 Å². The lowest BCUT2D eigenvalue weighted by Gasteiger charge is -2.31. The molecule has 3 aromatic rings. The number of benzene rings is 1. The number of nitriles is 1. The average molecular weight is 448 g/mol. The first-order valence-electron chi connectivity index (χ1n) is 11.1. The zero-order valence-corrected chi connectivity index (χ0v) is 19.3. The van der Waals surface area contributed by atoms with Crippen molar-refractivity contribution in [2.24, 2.45) is 12.8 Å². The predicted molar refractivity (Wildman–Crippen MR) is 128 cm³/mol. The number of hydrogen-bond acceptors (Lipinski definition) is 6. The zero-order chi connectivity index (χ0) is 23.7. The number of imidazole rings is 1. The van der Waals surface area contributed by atoms with Crippen LogP contribution in [0.3, 0.4) is 0 Å². The van der Waals surface area contributed by atoms with Crippen LogP contribution in [0.4, 0.5) is 5.95 Å². The number of rotatable bonds is 5. The van der Waals surface area contributed by atoms with Crippen LogP contribution in [0.1, 0.15) is 37.8 Å². The fourth-order valence-corrected chi connectivity index (χ4v) is 4.32. The number of allylic oxidation sites excluding steroid dienone is 2. The van der Waals surface area contributed by atoms with E-state index in [2.05, 4.69) is 11.0 Å². The molecule has 0 spiro atoms. The van der Waals surface area contributed by atoms with E-state index in [1.165, 1.54) is 9.13 Å². The second-order valence-corrected chi connectivity index (χ2v) is 8.83. The summed E-state index contributed by atoms with van der Waals surface area (Å²) in [6.45, 7) is 5.93. The van der Waals surface area contributed by atoms with Crippen LogP contribution in [0.5, 0.6) is 0 Å². The summed E-state index contributed by atoms with van der Waals surface area (Å²) >= 11 is 0. The zero-order valence-electron chi connectivity index (χ0n) is 19.3. The largest absolute Gasteiger partial charge is 0.341 e. The SMILES string of the molecule is CC(C)=CCn1c(N2CCCC(N)C2)nc2c1c(=O)n(Cc1ccccc1C#N)c(=O)n2C. The molecular weight excluding hydrogens is 418 g/mol. The molecule has 1 fully saturated rings. The van der Waals surface area contributed by atoms with Gasteiger partial charge in [-0.1, -0.05) is 29.8 Å². The minimum Gasteiger partial charge on any atom is -0.341 e. The van der Waals surface area contributed by atoms with Crippen LogP contribution < -0.4 is 21.9 Å². The topological polar surface area (TPSA) is 115 Å². The first-order valence-corrected chi connectivity index (χ1v) is 11.1. The second-order valence-electron chi connectivity index (χ2n) is 8.83. The normalized spacial score (nSPS) is 16.1. The van der Waals surface area contributed by atoms with Gasteiger partial charge in [0.25, 0.3) is 5.56 Å². The third-order valence-electron chi connectivity index (χ3n) is 6.10. The Labute approximate surface area is 192 Å². The van der Waals surface area contributed by atoms with Gasteiger partial charge in [0.1, 0.15) is 0 Å². The molecule has 3 heterocycles. The number of piperidine rings is 1. The number of aryl methyl sites for hydroxylation is 1. The Morgan fingerprint density at radius 2 is 2.03 bits per heavy atom. The Hall–Kier alpha value is -3.64. The molecular formula is C24H29N7O2. The van der Waals surface area contributed by atoms with Gasteiger partial charge in [0.15, 0.2) is 11.2 Å². The summed E-state index contributed by atoms with van der Waals surface area (Å²) in [6, 6.07) is 9.17. The molecule has 2 aromatic heterocycles. The van der Waals surface area contributed by atoms with Crippen molar-refractivity contribution in [2.75, 3.05) is 18.0 Å². The van der Waals surface area contributed by atoms with Gasteiger partial charge in [-0.3, -0.25) is 13.9 Å². The maximum atomic E-state index is 13.7. The molecule has 0 saturated carbocycles. The van der Waals surface area contributed by atoms with Crippen LogP contribution in [0.25, 0.3) is 11.2 Å². The lowest BCUT2D eigenvalue weighted by Crippen LogP contribution is -2.44. The smallest absolute Gasteiger partial charge is 0.332 e. The van der Waals surface area contributed by atoms with E-state index >= 15 is 0 Å². The Morgan fingerprint density at radius 3 is 2.73 bits per heavy atom. The van der Waals surface area contributed by atoms with Gasteiger partial charge in [-0.2, -0.15) is 10.2 Å². The molecule has 9 heteroatoms. The predicted octanol–water partition coefficient (Wildman–Crippen LogP) is 1.71. The van der Waals surface area contributed by atoms with Gasteiger partial charge in [0.2, 0.25) is 5.95 Å². The third-order valence-corrected chi connectivity index (χ3v) is 6.10. The molecule has 33 heavy (non-hydrogen) atoms. The minimum absolute atomic E-state index is 0.0168. The van der Waals surface area contributed by atoms with E-state index in [-0.39, 0.29) is 12.6 Å². The highest BCUT2D eigenvalue weighted by Crippen LogP contribution is 2.23. The Balaban J connectivity index is 1.95. The summed E-state index contributed by atoms with van der Waals surface area (Å²) < 4.78 is 4.48. The summed E-state index contributed by atoms with van der Waals surface area (Å²) in [4.78, 5) is 33.7. The van der Waals surface area contributed by atoms with Crippen molar-refractivity contribution in [1.29, 1.82) is 5.26 Å². The number of aromatic nitrogens is 4. The monoisotopic (exact) mass is 447 g/mol. The Morgan fingerprint density at radius 1 is 1.27 bits per heavy atom. The van der Waals surface area contributed by atoms with Gasteiger partial charge in [0, 0.05) is 32.7 Å². The molecule has 0 bridgehead atoms. The highest BCUT2D eigenvalue weighted by atomic mass is 16.2. The standard InChI is InChI=1S/C24H29N7O2/c1-16(2)10-12-30-20-21(27-23(30)29-11-6-9-19(26)15-29)28(3)24(33)31(22(20)32)14-18-8-5-4-7-17(18)13-25/h4-5,7-8,10,19H,6,9,11-12,14-15,26H2,1-3H3. The molecule has 0 aliphatic carbocycles. The van der Waals surface area contributed by atoms with Crippen molar-refractivity contribution in [3.63, 3.8) is 0 Å². The molecule has 2 N–H and O–H groups in total. The van der Waals surface area contributed by atoms with Crippen molar-refractivity contribution in [1.82, 2.24) is 18.7 Å². The van der Waals surface area contributed by atoms with Crippen LogP contribution in [0.2, 0.25) is 0 Å². The number of fused-ring (bicyclic) bond motifs is 1. The molecule has 1 saturated heterocycles. The summed E-state index contributed by atoms with van der Waals surface area (Å²) in [6.07, 6.45) is 3.93. The van der Waals surface area contributed by atoms with E-state index in [4.69, 9.17) is 10.7 Å². The quantitative estimate of drug-likeness (QED) is 0.596. The fourth-order valence-electron chi connectivity index (χ4n) is 4.32. The Kier molecular flexibility index (Phi) is 6.20. The highest BCUT2D eigenvalue weighted by molar-refractivity contribution is 5.75. The lowest BCUT2D eigenvalue weighted by atomic mass is 10.1. The van der Waals surface area contributed by atoms with Gasteiger partial charge < -0.3 is 15.2 Å². The van der Waals surface area contributed by atoms with Gasteiger partial charge >= 0.3 is 5.69 Å². The highest BCUT2D eigenvalue weighted by Gasteiger charge is 2.26. The molecule has 0 radical (unpaired) electrons. The van der Waals surface area contributed by atoms with E-state index in [1.54, 1.807) is 31.3 Å². The third kappa shape index (κ3) is 4.22. The average Bonchev–Trinajstić information content (AvgIpc) is 3.19. The molecule has 4 rings (SSSR count). The summed E-state index contributed by atoms with van der Waals surface area (Å²) in [5.41, 5.74) is 8.24. The van der Waals surface area contributed by atoms with Crippen molar-refractivity contribution in [2.45, 2.75) is 45.8 Å². The van der Waals surface area contributed by atoms with E-state index < -0.39 is 11.2 Å². The fraction of sp³-hybridized carbons (Fsp3) is 0.417. The summed E-state index contributed by atoms with van der Waals surface area (Å²) in [5.74, 6) is 0.653. The lowest BCUT2D eigenvalue weighted by molar-refractivity contribution is 0.495. The van der Waals surface area contributed by atoms with E-state index in [1.807, 2.05) is 24.5 Å². The molecule has 1 aromatic carbocycles. The van der Waals surface area contributed by atoms with E-state index in [9.17, 15) is 14.9 Å². The number of hydrogen-bond donors (Lipinski definition) is 1. The van der Waals surface area contributed by atoms with Gasteiger partial charge in [0.05, 0.1) is 18.2 Å². The van der Waals surface area contributed by atoms with Crippen LogP contribution in [0, 0.1) is 11.3 Å². The molecule has 1 atom stereocenters. The molecule has 172 valence electrons. The van der Waals surface area contributed by atoms with Crippen LogP contribution in [-0.2, 0) is 20.1 Å². The number of nitrogens with two attached hydrogens (primary N) is 1. The Bertz CT molecular complexity index is 1380. The molecule has 1 aliphatic rings. The van der Waals surface area contributed by atoms with Gasteiger partial charge in [-0.15, -0.1) is 0 Å². The first kappa shape index (κ1) is 22.6. The minimum atomic E-state index is -0.464. The number of anilines is 1. The molecule has 0 amide bonds. The van der Waals surface area contributed by atoms with Crippen molar-refractivity contribution >= 4 is 17.1 Å². The van der Waals surface area contributed by atoms with E-state index in [0.29, 0.717) is 41.3 Å². The van der Waals surface area contributed by atoms with E-state index in [0.717, 1.165) is 25.0 Å². The molecule has 1 aliphatic heterocycles. The molecule has 9 nitrogen and oxygen atoms in total.